The van der Waals surface area contributed by atoms with Crippen molar-refractivity contribution in [1.82, 2.24) is 0 Å². The number of nitrogens with one attached hydrogen (secondary N) is 1. The molecule has 0 bridgehead atoms. The molecule has 6 nitrogen and oxygen atoms in total. The van der Waals surface area contributed by atoms with Crippen LogP contribution in [-0.4, -0.2) is 18.5 Å². The van der Waals surface area contributed by atoms with E-state index in [1.54, 1.807) is 13.0 Å². The van der Waals surface area contributed by atoms with Crippen molar-refractivity contribution in [2.75, 3.05) is 11.9 Å². The molecular weight excluding hydrogens is 401 g/mol. The number of halogens is 3. The Hall–Kier alpha value is -3.80. The molecule has 1 amide bonds. The molecule has 156 valence electrons. The Morgan fingerprint density at radius 1 is 1.17 bits per heavy atom. The van der Waals surface area contributed by atoms with Gasteiger partial charge in [0.15, 0.2) is 11.5 Å². The average molecular weight is 418 g/mol. The van der Waals surface area contributed by atoms with Crippen LogP contribution in [0.4, 0.5) is 18.9 Å². The Morgan fingerprint density at radius 2 is 1.90 bits per heavy atom. The van der Waals surface area contributed by atoms with Gasteiger partial charge in [-0.25, -0.2) is 0 Å². The Morgan fingerprint density at radius 3 is 2.50 bits per heavy atom. The van der Waals surface area contributed by atoms with Crippen molar-refractivity contribution in [2.45, 2.75) is 20.0 Å². The molecule has 0 unspecified atom stereocenters. The van der Waals surface area contributed by atoms with Gasteiger partial charge in [-0.15, -0.1) is 0 Å². The third-order valence-corrected chi connectivity index (χ3v) is 3.65. The highest BCUT2D eigenvalue weighted by atomic mass is 19.4. The van der Waals surface area contributed by atoms with Crippen LogP contribution in [-0.2, 0) is 15.8 Å². The quantitative estimate of drug-likeness (QED) is 0.321. The van der Waals surface area contributed by atoms with Crippen molar-refractivity contribution in [2.24, 2.45) is 0 Å². The molecule has 0 spiro atoms. The summed E-state index contributed by atoms with van der Waals surface area (Å²) in [5, 5.41) is 11.6. The van der Waals surface area contributed by atoms with Crippen molar-refractivity contribution < 1.29 is 32.2 Å². The lowest BCUT2D eigenvalue weighted by atomic mass is 10.1. The van der Waals surface area contributed by atoms with Crippen molar-refractivity contribution in [3.8, 4) is 17.6 Å². The highest BCUT2D eigenvalue weighted by molar-refractivity contribution is 6.09. The lowest BCUT2D eigenvalue weighted by molar-refractivity contribution is -0.137. The fourth-order valence-electron chi connectivity index (χ4n) is 2.41. The minimum atomic E-state index is -4.56. The lowest BCUT2D eigenvalue weighted by Crippen LogP contribution is -2.14. The predicted octanol–water partition coefficient (Wildman–Crippen LogP) is 4.58. The van der Waals surface area contributed by atoms with Crippen LogP contribution in [0.25, 0.3) is 6.08 Å². The van der Waals surface area contributed by atoms with Gasteiger partial charge in [0.1, 0.15) is 11.6 Å². The van der Waals surface area contributed by atoms with E-state index in [-0.39, 0.29) is 29.4 Å². The van der Waals surface area contributed by atoms with E-state index in [1.165, 1.54) is 37.3 Å². The van der Waals surface area contributed by atoms with Crippen LogP contribution < -0.4 is 14.8 Å². The molecule has 2 aromatic carbocycles. The van der Waals surface area contributed by atoms with Crippen LogP contribution in [0.2, 0.25) is 0 Å². The van der Waals surface area contributed by atoms with Gasteiger partial charge in [-0.2, -0.15) is 18.4 Å². The number of hydrogen-bond acceptors (Lipinski definition) is 5. The zero-order chi connectivity index (χ0) is 22.3. The fourth-order valence-corrected chi connectivity index (χ4v) is 2.41. The molecule has 9 heteroatoms. The molecule has 0 aliphatic heterocycles. The van der Waals surface area contributed by atoms with Gasteiger partial charge in [0, 0.05) is 12.6 Å². The maximum Gasteiger partial charge on any atom is 0.416 e. The number of nitriles is 1. The fraction of sp³-hybridized carbons (Fsp3) is 0.190. The first-order valence-electron chi connectivity index (χ1n) is 8.69. The lowest BCUT2D eigenvalue weighted by Gasteiger charge is -2.11. The van der Waals surface area contributed by atoms with Gasteiger partial charge in [-0.1, -0.05) is 12.1 Å². The van der Waals surface area contributed by atoms with Crippen LogP contribution in [0, 0.1) is 11.3 Å². The second-order valence-corrected chi connectivity index (χ2v) is 5.94. The third kappa shape index (κ3) is 6.10. The molecule has 0 heterocycles. The molecule has 2 rings (SSSR count). The number of ether oxygens (including phenoxy) is 2. The van der Waals surface area contributed by atoms with Gasteiger partial charge in [0.25, 0.3) is 5.91 Å². The van der Waals surface area contributed by atoms with Crippen molar-refractivity contribution in [3.63, 3.8) is 0 Å². The molecule has 0 saturated heterocycles. The smallest absolute Gasteiger partial charge is 0.416 e. The Labute approximate surface area is 170 Å². The van der Waals surface area contributed by atoms with Gasteiger partial charge in [0.05, 0.1) is 12.2 Å². The highest BCUT2D eigenvalue weighted by Crippen LogP contribution is 2.31. The molecule has 0 atom stereocenters. The SMILES string of the molecule is CCOc1cc(/C=C(\C#N)C(=O)Nc2cccc(C(F)(F)F)c2)ccc1OC(C)=O. The highest BCUT2D eigenvalue weighted by Gasteiger charge is 2.30. The first-order chi connectivity index (χ1) is 14.1. The van der Waals surface area contributed by atoms with E-state index in [0.29, 0.717) is 5.56 Å². The number of hydrogen-bond donors (Lipinski definition) is 1. The van der Waals surface area contributed by atoms with E-state index in [9.17, 15) is 28.0 Å². The topological polar surface area (TPSA) is 88.4 Å². The summed E-state index contributed by atoms with van der Waals surface area (Å²) < 4.78 is 48.9. The normalized spacial score (nSPS) is 11.4. The van der Waals surface area contributed by atoms with Crippen molar-refractivity contribution in [1.29, 1.82) is 5.26 Å². The van der Waals surface area contributed by atoms with E-state index in [1.807, 2.05) is 0 Å². The molecule has 0 aliphatic rings. The zero-order valence-corrected chi connectivity index (χ0v) is 16.0. The molecule has 0 aromatic heterocycles. The molecule has 30 heavy (non-hydrogen) atoms. The van der Waals surface area contributed by atoms with E-state index in [2.05, 4.69) is 5.32 Å². The van der Waals surface area contributed by atoms with E-state index in [0.717, 1.165) is 18.2 Å². The molecule has 0 fully saturated rings. The van der Waals surface area contributed by atoms with Gasteiger partial charge < -0.3 is 14.8 Å². The number of esters is 1. The molecule has 0 saturated carbocycles. The summed E-state index contributed by atoms with van der Waals surface area (Å²) in [6.07, 6.45) is -3.32. The number of carbonyl (C=O) groups excluding carboxylic acids is 2. The Kier molecular flexibility index (Phi) is 7.20. The van der Waals surface area contributed by atoms with Gasteiger partial charge in [0.2, 0.25) is 0 Å². The number of amides is 1. The molecule has 0 aliphatic carbocycles. The summed E-state index contributed by atoms with van der Waals surface area (Å²) >= 11 is 0. The number of benzene rings is 2. The summed E-state index contributed by atoms with van der Waals surface area (Å²) in [5.74, 6) is -1.01. The number of anilines is 1. The number of rotatable bonds is 6. The van der Waals surface area contributed by atoms with Crippen molar-refractivity contribution >= 4 is 23.6 Å². The number of carbonyl (C=O) groups is 2. The largest absolute Gasteiger partial charge is 0.490 e. The monoisotopic (exact) mass is 418 g/mol. The van der Waals surface area contributed by atoms with Crippen LogP contribution >= 0.6 is 0 Å². The average Bonchev–Trinajstić information content (AvgIpc) is 2.67. The van der Waals surface area contributed by atoms with E-state index >= 15 is 0 Å². The maximum absolute atomic E-state index is 12.8. The van der Waals surface area contributed by atoms with Gasteiger partial charge in [-0.3, -0.25) is 9.59 Å². The Balaban J connectivity index is 2.28. The summed E-state index contributed by atoms with van der Waals surface area (Å²) in [5.41, 5.74) is -0.971. The van der Waals surface area contributed by atoms with Crippen LogP contribution in [0.3, 0.4) is 0 Å². The van der Waals surface area contributed by atoms with Crippen LogP contribution in [0.5, 0.6) is 11.5 Å². The second-order valence-electron chi connectivity index (χ2n) is 5.94. The maximum atomic E-state index is 12.8. The van der Waals surface area contributed by atoms with Crippen molar-refractivity contribution in [3.05, 3.63) is 59.2 Å². The number of alkyl halides is 3. The van der Waals surface area contributed by atoms with E-state index in [4.69, 9.17) is 9.47 Å². The van der Waals surface area contributed by atoms with Gasteiger partial charge in [-0.05, 0) is 48.9 Å². The van der Waals surface area contributed by atoms with Gasteiger partial charge >= 0.3 is 12.1 Å². The molecular formula is C21H17F3N2O4. The van der Waals surface area contributed by atoms with Crippen LogP contribution in [0.15, 0.2) is 48.0 Å². The molecule has 1 N–H and O–H groups in total. The molecule has 2 aromatic rings. The minimum absolute atomic E-state index is 0.101. The summed E-state index contributed by atoms with van der Waals surface area (Å²) in [6.45, 7) is 3.24. The minimum Gasteiger partial charge on any atom is -0.490 e. The van der Waals surface area contributed by atoms with E-state index < -0.39 is 23.6 Å². The first kappa shape index (κ1) is 22.5. The third-order valence-electron chi connectivity index (χ3n) is 3.65. The van der Waals surface area contributed by atoms with Crippen LogP contribution in [0.1, 0.15) is 25.0 Å². The number of nitrogens with zero attached hydrogens (tertiary/aromatic N) is 1. The first-order valence-corrected chi connectivity index (χ1v) is 8.69. The zero-order valence-electron chi connectivity index (χ0n) is 16.0. The predicted molar refractivity (Wildman–Crippen MR) is 103 cm³/mol. The second kappa shape index (κ2) is 9.60. The Bertz CT molecular complexity index is 1020. The summed E-state index contributed by atoms with van der Waals surface area (Å²) in [4.78, 5) is 23.5. The molecule has 0 radical (unpaired) electrons. The summed E-state index contributed by atoms with van der Waals surface area (Å²) in [6, 6.07) is 10.2. The summed E-state index contributed by atoms with van der Waals surface area (Å²) in [7, 11) is 0. The standard InChI is InChI=1S/C21H17F3N2O4/c1-3-29-19-10-14(7-8-18(19)30-13(2)27)9-15(12-25)20(28)26-17-6-4-5-16(11-17)21(22,23)24/h4-11H,3H2,1-2H3,(H,26,28)/b15-9+.